The van der Waals surface area contributed by atoms with Crippen molar-refractivity contribution in [1.82, 2.24) is 10.3 Å². The lowest BCUT2D eigenvalue weighted by atomic mass is 9.87. The molecule has 0 radical (unpaired) electrons. The van der Waals surface area contributed by atoms with Crippen LogP contribution in [0.25, 0.3) is 0 Å². The van der Waals surface area contributed by atoms with E-state index in [0.29, 0.717) is 0 Å². The van der Waals surface area contributed by atoms with Gasteiger partial charge in [0.2, 0.25) is 6.79 Å². The maximum atomic E-state index is 13.1. The Balaban J connectivity index is 1.75. The summed E-state index contributed by atoms with van der Waals surface area (Å²) in [5.74, 6) is -3.02. The molecule has 0 spiro atoms. The monoisotopic (exact) mass is 563 g/mol. The molecule has 1 aromatic heterocycles. The number of rotatable bonds is 12. The van der Waals surface area contributed by atoms with E-state index in [2.05, 4.69) is 15.6 Å². The van der Waals surface area contributed by atoms with Crippen LogP contribution in [0.15, 0.2) is 72.9 Å². The Labute approximate surface area is 237 Å². The van der Waals surface area contributed by atoms with Crippen LogP contribution in [0.1, 0.15) is 55.2 Å². The molecule has 3 aromatic rings. The highest BCUT2D eigenvalue weighted by Gasteiger charge is 2.29. The van der Waals surface area contributed by atoms with Crippen LogP contribution in [-0.2, 0) is 19.1 Å². The number of pyridine rings is 1. The number of ether oxygens (including phenoxy) is 3. The number of esters is 2. The van der Waals surface area contributed by atoms with E-state index in [4.69, 9.17) is 14.2 Å². The van der Waals surface area contributed by atoms with Crippen molar-refractivity contribution in [2.24, 2.45) is 5.92 Å². The van der Waals surface area contributed by atoms with Gasteiger partial charge >= 0.3 is 18.0 Å². The number of anilines is 1. The Hall–Kier alpha value is -4.93. The molecular formula is C30H33N3O8. The van der Waals surface area contributed by atoms with Crippen molar-refractivity contribution in [3.63, 3.8) is 0 Å². The SMILES string of the molecule is CC(C)C(=O)OCOc1c(NC(=O)O)ccnc1C(=O)N[C@@H](C)C(=O)OC(C)C(c1ccccc1)c1ccccc1. The average Bonchev–Trinajstić information content (AvgIpc) is 2.94. The van der Waals surface area contributed by atoms with Crippen molar-refractivity contribution in [3.8, 4) is 5.75 Å². The zero-order valence-electron chi connectivity index (χ0n) is 23.2. The zero-order chi connectivity index (χ0) is 29.9. The molecule has 1 unspecified atom stereocenters. The first-order valence-corrected chi connectivity index (χ1v) is 13.0. The van der Waals surface area contributed by atoms with Crippen LogP contribution in [0, 0.1) is 5.92 Å². The number of carboxylic acid groups (broad SMARTS) is 1. The van der Waals surface area contributed by atoms with Gasteiger partial charge in [-0.3, -0.25) is 14.9 Å². The standard InChI is InChI=1S/C30H33N3O8/c1-18(2)28(35)40-17-39-26-23(33-30(37)38)15-16-31-25(26)27(34)32-19(3)29(36)41-20(4)24(21-11-7-5-8-12-21)22-13-9-6-10-14-22/h5-16,18-20,24H,17H2,1-4H3,(H,31,33)(H,32,34)(H,37,38)/t19-,20?/m0/s1. The Morgan fingerprint density at radius 2 is 1.44 bits per heavy atom. The fourth-order valence-electron chi connectivity index (χ4n) is 4.02. The van der Waals surface area contributed by atoms with E-state index in [1.807, 2.05) is 60.7 Å². The number of hydrogen-bond acceptors (Lipinski definition) is 8. The van der Waals surface area contributed by atoms with Crippen LogP contribution in [0.5, 0.6) is 5.75 Å². The van der Waals surface area contributed by atoms with Crippen molar-refractivity contribution in [1.29, 1.82) is 0 Å². The largest absolute Gasteiger partial charge is 0.465 e. The molecule has 0 aliphatic carbocycles. The fraction of sp³-hybridized carbons (Fsp3) is 0.300. The van der Waals surface area contributed by atoms with E-state index in [1.54, 1.807) is 20.8 Å². The Morgan fingerprint density at radius 1 is 0.854 bits per heavy atom. The van der Waals surface area contributed by atoms with Gasteiger partial charge in [-0.25, -0.2) is 14.6 Å². The number of carbonyl (C=O) groups is 4. The minimum Gasteiger partial charge on any atom is -0.465 e. The molecule has 0 saturated carbocycles. The zero-order valence-corrected chi connectivity index (χ0v) is 23.2. The lowest BCUT2D eigenvalue weighted by Gasteiger charge is -2.26. The van der Waals surface area contributed by atoms with Crippen molar-refractivity contribution in [2.45, 2.75) is 45.8 Å². The number of hydrogen-bond donors (Lipinski definition) is 3. The molecule has 2 atom stereocenters. The third-order valence-electron chi connectivity index (χ3n) is 6.03. The number of nitrogens with zero attached hydrogens (tertiary/aromatic N) is 1. The summed E-state index contributed by atoms with van der Waals surface area (Å²) in [7, 11) is 0. The van der Waals surface area contributed by atoms with Crippen LogP contribution in [0.2, 0.25) is 0 Å². The topological polar surface area (TPSA) is 153 Å². The quantitative estimate of drug-likeness (QED) is 0.212. The highest BCUT2D eigenvalue weighted by molar-refractivity contribution is 6.00. The Morgan fingerprint density at radius 3 is 1.98 bits per heavy atom. The second kappa shape index (κ2) is 14.5. The van der Waals surface area contributed by atoms with Gasteiger partial charge in [-0.15, -0.1) is 0 Å². The Kier molecular flexibility index (Phi) is 10.8. The molecule has 0 aliphatic rings. The molecule has 1 heterocycles. The number of carbonyl (C=O) groups excluding carboxylic acids is 3. The number of amides is 2. The minimum absolute atomic E-state index is 0.101. The summed E-state index contributed by atoms with van der Waals surface area (Å²) in [4.78, 5) is 53.3. The van der Waals surface area contributed by atoms with E-state index in [9.17, 15) is 24.3 Å². The van der Waals surface area contributed by atoms with Gasteiger partial charge in [0.15, 0.2) is 11.4 Å². The van der Waals surface area contributed by atoms with E-state index in [-0.39, 0.29) is 23.0 Å². The minimum atomic E-state index is -1.41. The van der Waals surface area contributed by atoms with Gasteiger partial charge < -0.3 is 24.6 Å². The summed E-state index contributed by atoms with van der Waals surface area (Å²) in [6.07, 6.45) is -0.797. The second-order valence-electron chi connectivity index (χ2n) is 9.48. The smallest absolute Gasteiger partial charge is 0.409 e. The number of nitrogens with one attached hydrogen (secondary N) is 2. The van der Waals surface area contributed by atoms with Gasteiger partial charge in [0.1, 0.15) is 12.1 Å². The first kappa shape index (κ1) is 30.6. The molecule has 0 bridgehead atoms. The first-order chi connectivity index (χ1) is 19.6. The Bertz CT molecular complexity index is 1310. The van der Waals surface area contributed by atoms with Crippen LogP contribution in [-0.4, -0.2) is 53.0 Å². The molecule has 41 heavy (non-hydrogen) atoms. The van der Waals surface area contributed by atoms with Crippen molar-refractivity contribution >= 4 is 29.6 Å². The molecular weight excluding hydrogens is 530 g/mol. The molecule has 11 nitrogen and oxygen atoms in total. The highest BCUT2D eigenvalue weighted by Crippen LogP contribution is 2.30. The first-order valence-electron chi connectivity index (χ1n) is 13.0. The third-order valence-corrected chi connectivity index (χ3v) is 6.03. The van der Waals surface area contributed by atoms with Crippen LogP contribution in [0.3, 0.4) is 0 Å². The second-order valence-corrected chi connectivity index (χ2v) is 9.48. The summed E-state index contributed by atoms with van der Waals surface area (Å²) in [6, 6.07) is 19.4. The van der Waals surface area contributed by atoms with Gasteiger partial charge in [0.25, 0.3) is 5.91 Å². The summed E-state index contributed by atoms with van der Waals surface area (Å²) in [6.45, 7) is 5.91. The summed E-state index contributed by atoms with van der Waals surface area (Å²) < 4.78 is 16.2. The molecule has 3 N–H and O–H groups in total. The van der Waals surface area contributed by atoms with Crippen LogP contribution >= 0.6 is 0 Å². The van der Waals surface area contributed by atoms with Gasteiger partial charge in [-0.1, -0.05) is 74.5 Å². The van der Waals surface area contributed by atoms with E-state index in [1.165, 1.54) is 19.2 Å². The molecule has 216 valence electrons. The van der Waals surface area contributed by atoms with Crippen molar-refractivity contribution < 1.29 is 38.5 Å². The van der Waals surface area contributed by atoms with E-state index >= 15 is 0 Å². The number of aromatic nitrogens is 1. The van der Waals surface area contributed by atoms with Gasteiger partial charge in [-0.2, -0.15) is 0 Å². The normalized spacial score (nSPS) is 12.2. The predicted molar refractivity (Wildman–Crippen MR) is 150 cm³/mol. The molecule has 0 aliphatic heterocycles. The van der Waals surface area contributed by atoms with E-state index < -0.39 is 48.8 Å². The maximum Gasteiger partial charge on any atom is 0.409 e. The molecule has 0 fully saturated rings. The lowest BCUT2D eigenvalue weighted by molar-refractivity contribution is -0.154. The molecule has 0 saturated heterocycles. The van der Waals surface area contributed by atoms with E-state index in [0.717, 1.165) is 11.1 Å². The fourth-order valence-corrected chi connectivity index (χ4v) is 4.02. The average molecular weight is 564 g/mol. The molecule has 2 aromatic carbocycles. The summed E-state index contributed by atoms with van der Waals surface area (Å²) in [5.41, 5.74) is 1.50. The number of benzene rings is 2. The van der Waals surface area contributed by atoms with Crippen LogP contribution in [0.4, 0.5) is 10.5 Å². The molecule has 3 rings (SSSR count). The predicted octanol–water partition coefficient (Wildman–Crippen LogP) is 4.59. The lowest BCUT2D eigenvalue weighted by Crippen LogP contribution is -2.41. The molecule has 11 heteroatoms. The summed E-state index contributed by atoms with van der Waals surface area (Å²) in [5, 5.41) is 13.8. The van der Waals surface area contributed by atoms with Crippen molar-refractivity contribution in [2.75, 3.05) is 12.1 Å². The van der Waals surface area contributed by atoms with Crippen LogP contribution < -0.4 is 15.4 Å². The van der Waals surface area contributed by atoms with Gasteiger partial charge in [0.05, 0.1) is 11.6 Å². The third kappa shape index (κ3) is 8.53. The molecule has 2 amide bonds. The van der Waals surface area contributed by atoms with Gasteiger partial charge in [0, 0.05) is 12.1 Å². The highest BCUT2D eigenvalue weighted by atomic mass is 16.7. The maximum absolute atomic E-state index is 13.1. The summed E-state index contributed by atoms with van der Waals surface area (Å²) >= 11 is 0. The van der Waals surface area contributed by atoms with Crippen molar-refractivity contribution in [3.05, 3.63) is 89.7 Å². The van der Waals surface area contributed by atoms with Gasteiger partial charge in [-0.05, 0) is 31.0 Å².